The third-order valence-electron chi connectivity index (χ3n) is 1.10. The molecular formula is C3H2N8O. The average Bonchev–Trinajstić information content (AvgIpc) is 2.77. The second kappa shape index (κ2) is 2.45. The molecule has 0 aliphatic carbocycles. The Labute approximate surface area is 64.6 Å². The third-order valence-corrected chi connectivity index (χ3v) is 1.10. The molecule has 9 heteroatoms. The zero-order chi connectivity index (χ0) is 8.39. The zero-order valence-corrected chi connectivity index (χ0v) is 5.59. The van der Waals surface area contributed by atoms with Crippen molar-refractivity contribution in [3.05, 3.63) is 11.6 Å². The van der Waals surface area contributed by atoms with Crippen LogP contribution in [0.1, 0.15) is 16.4 Å². The summed E-state index contributed by atoms with van der Waals surface area (Å²) >= 11 is 0. The highest BCUT2D eigenvalue weighted by Gasteiger charge is 2.17. The van der Waals surface area contributed by atoms with Crippen LogP contribution in [0.3, 0.4) is 0 Å². The summed E-state index contributed by atoms with van der Waals surface area (Å²) in [5.41, 5.74) is 0. The maximum atomic E-state index is 11.2. The summed E-state index contributed by atoms with van der Waals surface area (Å²) in [6.45, 7) is 0. The molecule has 0 unspecified atom stereocenters. The van der Waals surface area contributed by atoms with Crippen LogP contribution in [-0.2, 0) is 0 Å². The smallest absolute Gasteiger partial charge is 0.274 e. The third kappa shape index (κ3) is 0.923. The molecule has 2 aromatic rings. The van der Waals surface area contributed by atoms with Crippen LogP contribution in [0.5, 0.6) is 0 Å². The van der Waals surface area contributed by atoms with Gasteiger partial charge in [0.05, 0.1) is 0 Å². The number of ketones is 1. The molecule has 0 spiro atoms. The van der Waals surface area contributed by atoms with Crippen molar-refractivity contribution < 1.29 is 4.79 Å². The Kier molecular flexibility index (Phi) is 1.33. The van der Waals surface area contributed by atoms with Gasteiger partial charge in [0.2, 0.25) is 11.6 Å². The first-order chi connectivity index (χ1) is 5.88. The largest absolute Gasteiger partial charge is 0.281 e. The lowest BCUT2D eigenvalue weighted by Gasteiger charge is -1.81. The molecule has 60 valence electrons. The maximum Gasteiger partial charge on any atom is 0.274 e. The highest BCUT2D eigenvalue weighted by atomic mass is 16.1. The number of hydrogen-bond acceptors (Lipinski definition) is 7. The van der Waals surface area contributed by atoms with Gasteiger partial charge < -0.3 is 0 Å². The van der Waals surface area contributed by atoms with E-state index < -0.39 is 5.78 Å². The van der Waals surface area contributed by atoms with E-state index in [4.69, 9.17) is 0 Å². The van der Waals surface area contributed by atoms with Gasteiger partial charge in [0.15, 0.2) is 0 Å². The van der Waals surface area contributed by atoms with E-state index in [-0.39, 0.29) is 11.6 Å². The van der Waals surface area contributed by atoms with E-state index in [0.717, 1.165) is 0 Å². The Hall–Kier alpha value is -2.19. The SMILES string of the molecule is O=C(c1nn[nH]n1)c1nn[nH]n1. The van der Waals surface area contributed by atoms with Gasteiger partial charge in [0, 0.05) is 0 Å². The Morgan fingerprint density at radius 2 is 1.50 bits per heavy atom. The van der Waals surface area contributed by atoms with E-state index in [2.05, 4.69) is 41.2 Å². The number of H-pyrrole nitrogens is 2. The van der Waals surface area contributed by atoms with Crippen LogP contribution in [0.15, 0.2) is 0 Å². The van der Waals surface area contributed by atoms with Crippen LogP contribution in [-0.4, -0.2) is 47.0 Å². The Morgan fingerprint density at radius 3 is 1.83 bits per heavy atom. The molecule has 2 heterocycles. The number of nitrogens with one attached hydrogen (secondary N) is 2. The molecule has 0 aliphatic heterocycles. The van der Waals surface area contributed by atoms with E-state index in [0.29, 0.717) is 0 Å². The van der Waals surface area contributed by atoms with Crippen molar-refractivity contribution in [3.8, 4) is 0 Å². The molecule has 0 aliphatic rings. The summed E-state index contributed by atoms with van der Waals surface area (Å²) in [5.74, 6) is -0.703. The number of rotatable bonds is 2. The molecule has 0 radical (unpaired) electrons. The summed E-state index contributed by atoms with van der Waals surface area (Å²) in [4.78, 5) is 11.2. The fourth-order valence-corrected chi connectivity index (χ4v) is 0.616. The first kappa shape index (κ1) is 6.52. The minimum absolute atomic E-state index is 0.0867. The highest BCUT2D eigenvalue weighted by Crippen LogP contribution is 1.93. The van der Waals surface area contributed by atoms with Gasteiger partial charge >= 0.3 is 0 Å². The van der Waals surface area contributed by atoms with Crippen LogP contribution in [0.25, 0.3) is 0 Å². The number of carbonyl (C=O) groups excluding carboxylic acids is 1. The van der Waals surface area contributed by atoms with Gasteiger partial charge in [0.1, 0.15) is 0 Å². The summed E-state index contributed by atoms with van der Waals surface area (Å²) < 4.78 is 0. The molecule has 0 fully saturated rings. The number of carbonyl (C=O) groups is 1. The van der Waals surface area contributed by atoms with E-state index >= 15 is 0 Å². The lowest BCUT2D eigenvalue weighted by atomic mass is 10.4. The van der Waals surface area contributed by atoms with Crippen molar-refractivity contribution in [2.75, 3.05) is 0 Å². The normalized spacial score (nSPS) is 10.0. The Balaban J connectivity index is 2.34. The molecular weight excluding hydrogens is 164 g/mol. The molecule has 0 saturated heterocycles. The zero-order valence-electron chi connectivity index (χ0n) is 5.59. The minimum Gasteiger partial charge on any atom is -0.281 e. The number of aromatic amines is 2. The molecule has 9 nitrogen and oxygen atoms in total. The van der Waals surface area contributed by atoms with E-state index in [1.165, 1.54) is 0 Å². The van der Waals surface area contributed by atoms with Gasteiger partial charge in [-0.3, -0.25) is 4.79 Å². The van der Waals surface area contributed by atoms with Crippen molar-refractivity contribution in [2.45, 2.75) is 0 Å². The summed E-state index contributed by atoms with van der Waals surface area (Å²) in [5, 5.41) is 24.5. The van der Waals surface area contributed by atoms with Crippen molar-refractivity contribution in [1.82, 2.24) is 41.2 Å². The standard InChI is InChI=1S/C3H2N8O/c12-1(2-4-8-9-5-2)3-6-10-11-7-3/h(H,4,5,8,9)(H,6,7,10,11). The quantitative estimate of drug-likeness (QED) is 0.491. The van der Waals surface area contributed by atoms with Crippen molar-refractivity contribution in [3.63, 3.8) is 0 Å². The van der Waals surface area contributed by atoms with E-state index in [1.54, 1.807) is 0 Å². The topological polar surface area (TPSA) is 126 Å². The monoisotopic (exact) mass is 166 g/mol. The highest BCUT2D eigenvalue weighted by molar-refractivity contribution is 6.03. The molecule has 2 N–H and O–H groups in total. The van der Waals surface area contributed by atoms with Gasteiger partial charge in [-0.2, -0.15) is 10.4 Å². The van der Waals surface area contributed by atoms with Gasteiger partial charge in [-0.25, -0.2) is 0 Å². The molecule has 2 aromatic heterocycles. The molecule has 2 rings (SSSR count). The van der Waals surface area contributed by atoms with Crippen molar-refractivity contribution in [1.29, 1.82) is 0 Å². The fourth-order valence-electron chi connectivity index (χ4n) is 0.616. The van der Waals surface area contributed by atoms with Gasteiger partial charge in [-0.15, -0.1) is 20.4 Å². The minimum atomic E-state index is -0.530. The van der Waals surface area contributed by atoms with E-state index in [1.807, 2.05) is 0 Å². The average molecular weight is 166 g/mol. The fraction of sp³-hybridized carbons (Fsp3) is 0. The molecule has 0 amide bonds. The second-order valence-corrected chi connectivity index (χ2v) is 1.80. The number of aromatic nitrogens is 8. The number of nitrogens with zero attached hydrogens (tertiary/aromatic N) is 6. The number of hydrogen-bond donors (Lipinski definition) is 2. The van der Waals surface area contributed by atoms with Crippen molar-refractivity contribution in [2.24, 2.45) is 0 Å². The van der Waals surface area contributed by atoms with Crippen molar-refractivity contribution >= 4 is 5.78 Å². The van der Waals surface area contributed by atoms with Gasteiger partial charge in [-0.05, 0) is 10.4 Å². The van der Waals surface area contributed by atoms with Crippen LogP contribution in [0.2, 0.25) is 0 Å². The summed E-state index contributed by atoms with van der Waals surface area (Å²) in [6, 6.07) is 0. The lowest BCUT2D eigenvalue weighted by Crippen LogP contribution is -2.06. The van der Waals surface area contributed by atoms with E-state index in [9.17, 15) is 4.79 Å². The predicted octanol–water partition coefficient (Wildman–Crippen LogP) is -2.06. The van der Waals surface area contributed by atoms with Crippen LogP contribution < -0.4 is 0 Å². The first-order valence-electron chi connectivity index (χ1n) is 2.89. The van der Waals surface area contributed by atoms with Crippen LogP contribution >= 0.6 is 0 Å². The molecule has 0 bridgehead atoms. The maximum absolute atomic E-state index is 11.2. The van der Waals surface area contributed by atoms with Gasteiger partial charge in [-0.1, -0.05) is 0 Å². The predicted molar refractivity (Wildman–Crippen MR) is 31.8 cm³/mol. The van der Waals surface area contributed by atoms with Gasteiger partial charge in [0.25, 0.3) is 5.78 Å². The molecule has 0 aromatic carbocycles. The molecule has 0 saturated carbocycles. The number of tetrazole rings is 2. The van der Waals surface area contributed by atoms with Crippen LogP contribution in [0.4, 0.5) is 0 Å². The lowest BCUT2D eigenvalue weighted by molar-refractivity contribution is 0.102. The summed E-state index contributed by atoms with van der Waals surface area (Å²) in [6.07, 6.45) is 0. The van der Waals surface area contributed by atoms with Crippen LogP contribution in [0, 0.1) is 0 Å². The Bertz CT molecular complexity index is 325. The first-order valence-corrected chi connectivity index (χ1v) is 2.89. The summed E-state index contributed by atoms with van der Waals surface area (Å²) in [7, 11) is 0. The molecule has 12 heavy (non-hydrogen) atoms. The molecule has 0 atom stereocenters. The second-order valence-electron chi connectivity index (χ2n) is 1.80. The Morgan fingerprint density at radius 1 is 1.00 bits per heavy atom.